The van der Waals surface area contributed by atoms with Crippen molar-refractivity contribution in [2.45, 2.75) is 26.2 Å². The van der Waals surface area contributed by atoms with Crippen LogP contribution in [-0.4, -0.2) is 44.8 Å². The first kappa shape index (κ1) is 18.8. The monoisotopic (exact) mass is 357 g/mol. The maximum Gasteiger partial charge on any atom is 0.279 e. The third kappa shape index (κ3) is 5.25. The highest BCUT2D eigenvalue weighted by Crippen LogP contribution is 2.17. The second-order valence-electron chi connectivity index (χ2n) is 6.09. The Balaban J connectivity index is 1.71. The number of rotatable bonds is 7. The second-order valence-corrected chi connectivity index (χ2v) is 7.85. The van der Waals surface area contributed by atoms with E-state index < -0.39 is 21.9 Å². The highest BCUT2D eigenvalue weighted by atomic mass is 32.2. The highest BCUT2D eigenvalue weighted by molar-refractivity contribution is 7.87. The Hall–Kier alpha value is -1.51. The molecule has 0 unspecified atom stereocenters. The highest BCUT2D eigenvalue weighted by Gasteiger charge is 2.26. The fourth-order valence-corrected chi connectivity index (χ4v) is 4.09. The van der Waals surface area contributed by atoms with Gasteiger partial charge in [-0.3, -0.25) is 4.79 Å². The zero-order valence-electron chi connectivity index (χ0n) is 13.8. The molecule has 1 atom stereocenters. The van der Waals surface area contributed by atoms with Gasteiger partial charge in [-0.05, 0) is 37.3 Å². The van der Waals surface area contributed by atoms with E-state index in [0.717, 1.165) is 12.8 Å². The molecular weight excluding hydrogens is 333 g/mol. The van der Waals surface area contributed by atoms with Crippen molar-refractivity contribution in [2.75, 3.05) is 26.2 Å². The van der Waals surface area contributed by atoms with Gasteiger partial charge in [0.1, 0.15) is 5.82 Å². The summed E-state index contributed by atoms with van der Waals surface area (Å²) in [5.74, 6) is -0.703. The lowest BCUT2D eigenvalue weighted by Gasteiger charge is -2.29. The Kier molecular flexibility index (Phi) is 6.70. The molecule has 2 N–H and O–H groups in total. The Morgan fingerprint density at radius 1 is 1.33 bits per heavy atom. The summed E-state index contributed by atoms with van der Waals surface area (Å²) < 4.78 is 41.8. The van der Waals surface area contributed by atoms with E-state index in [1.54, 1.807) is 6.07 Å². The molecule has 1 aliphatic rings. The number of benzene rings is 1. The van der Waals surface area contributed by atoms with Crippen LogP contribution in [0, 0.1) is 11.7 Å². The van der Waals surface area contributed by atoms with Crippen LogP contribution in [0.1, 0.15) is 36.5 Å². The molecule has 0 spiro atoms. The topological polar surface area (TPSA) is 78.5 Å². The zero-order valence-corrected chi connectivity index (χ0v) is 14.6. The van der Waals surface area contributed by atoms with E-state index in [0.29, 0.717) is 25.4 Å². The van der Waals surface area contributed by atoms with Crippen LogP contribution in [-0.2, 0) is 10.2 Å². The van der Waals surface area contributed by atoms with Gasteiger partial charge in [0.25, 0.3) is 16.1 Å². The summed E-state index contributed by atoms with van der Waals surface area (Å²) in [6, 6.07) is 5.74. The van der Waals surface area contributed by atoms with Crippen molar-refractivity contribution in [1.29, 1.82) is 0 Å². The minimum absolute atomic E-state index is 0.0135. The van der Waals surface area contributed by atoms with Crippen molar-refractivity contribution in [2.24, 2.45) is 5.92 Å². The predicted molar refractivity (Wildman–Crippen MR) is 90.2 cm³/mol. The van der Waals surface area contributed by atoms with Gasteiger partial charge in [-0.25, -0.2) is 9.11 Å². The van der Waals surface area contributed by atoms with Crippen molar-refractivity contribution in [3.05, 3.63) is 35.6 Å². The maximum atomic E-state index is 13.5. The van der Waals surface area contributed by atoms with Crippen LogP contribution in [0.15, 0.2) is 24.3 Å². The first-order valence-electron chi connectivity index (χ1n) is 8.17. The largest absolute Gasteiger partial charge is 0.352 e. The molecule has 0 saturated carbocycles. The molecule has 24 heavy (non-hydrogen) atoms. The standard InChI is InChI=1S/C16H24FN3O3S/c1-13-6-4-11-20(12-13)24(22,23)19-10-5-9-18-16(21)14-7-2-3-8-15(14)17/h2-3,7-8,13,19H,4-6,9-12H2,1H3,(H,18,21)/t13-/m1/s1. The number of nitrogens with zero attached hydrogens (tertiary/aromatic N) is 1. The lowest BCUT2D eigenvalue weighted by Crippen LogP contribution is -2.46. The average Bonchev–Trinajstić information content (AvgIpc) is 2.54. The lowest BCUT2D eigenvalue weighted by atomic mass is 10.0. The number of halogens is 1. The van der Waals surface area contributed by atoms with E-state index in [4.69, 9.17) is 0 Å². The molecule has 134 valence electrons. The molecule has 1 saturated heterocycles. The second kappa shape index (κ2) is 8.55. The number of nitrogens with one attached hydrogen (secondary N) is 2. The van der Waals surface area contributed by atoms with Gasteiger partial charge in [0.05, 0.1) is 5.56 Å². The summed E-state index contributed by atoms with van der Waals surface area (Å²) in [7, 11) is -3.47. The molecule has 1 aliphatic heterocycles. The minimum Gasteiger partial charge on any atom is -0.352 e. The zero-order chi connectivity index (χ0) is 17.6. The van der Waals surface area contributed by atoms with Gasteiger partial charge >= 0.3 is 0 Å². The molecule has 0 bridgehead atoms. The van der Waals surface area contributed by atoms with Crippen LogP contribution in [0.3, 0.4) is 0 Å². The SMILES string of the molecule is C[C@@H]1CCCN(S(=O)(=O)NCCCNC(=O)c2ccccc2F)C1. The van der Waals surface area contributed by atoms with E-state index in [2.05, 4.69) is 10.0 Å². The third-order valence-corrected chi connectivity index (χ3v) is 5.58. The molecule has 1 aromatic rings. The van der Waals surface area contributed by atoms with Gasteiger partial charge in [0.2, 0.25) is 0 Å². The summed E-state index contributed by atoms with van der Waals surface area (Å²) in [5, 5.41) is 2.59. The van der Waals surface area contributed by atoms with Crippen LogP contribution in [0.25, 0.3) is 0 Å². The smallest absolute Gasteiger partial charge is 0.279 e. The van der Waals surface area contributed by atoms with Crippen LogP contribution in [0.5, 0.6) is 0 Å². The van der Waals surface area contributed by atoms with Gasteiger partial charge in [-0.15, -0.1) is 0 Å². The number of hydrogen-bond acceptors (Lipinski definition) is 3. The fourth-order valence-electron chi connectivity index (χ4n) is 2.69. The minimum atomic E-state index is -3.47. The number of amides is 1. The molecule has 8 heteroatoms. The van der Waals surface area contributed by atoms with E-state index in [9.17, 15) is 17.6 Å². The van der Waals surface area contributed by atoms with Crippen molar-refractivity contribution in [3.63, 3.8) is 0 Å². The Morgan fingerprint density at radius 3 is 2.79 bits per heavy atom. The van der Waals surface area contributed by atoms with Crippen LogP contribution >= 0.6 is 0 Å². The lowest BCUT2D eigenvalue weighted by molar-refractivity contribution is 0.0949. The molecule has 6 nitrogen and oxygen atoms in total. The summed E-state index contributed by atoms with van der Waals surface area (Å²) in [6.07, 6.45) is 2.36. The summed E-state index contributed by atoms with van der Waals surface area (Å²) >= 11 is 0. The molecule has 1 aromatic carbocycles. The van der Waals surface area contributed by atoms with Crippen molar-refractivity contribution < 1.29 is 17.6 Å². The Labute approximate surface area is 142 Å². The normalized spacial score (nSPS) is 19.2. The van der Waals surface area contributed by atoms with Gasteiger partial charge in [-0.2, -0.15) is 12.7 Å². The number of piperidine rings is 1. The molecule has 0 aliphatic carbocycles. The van der Waals surface area contributed by atoms with Crippen molar-refractivity contribution in [1.82, 2.24) is 14.3 Å². The predicted octanol–water partition coefficient (Wildman–Crippen LogP) is 1.51. The van der Waals surface area contributed by atoms with Gasteiger partial charge in [0, 0.05) is 26.2 Å². The average molecular weight is 357 g/mol. The quantitative estimate of drug-likeness (QED) is 0.726. The number of hydrogen-bond donors (Lipinski definition) is 2. The van der Waals surface area contributed by atoms with E-state index in [1.165, 1.54) is 22.5 Å². The van der Waals surface area contributed by atoms with Crippen LogP contribution < -0.4 is 10.0 Å². The Bertz CT molecular complexity index is 666. The molecular formula is C16H24FN3O3S. The first-order chi connectivity index (χ1) is 11.4. The molecule has 0 aromatic heterocycles. The molecule has 1 heterocycles. The fraction of sp³-hybridized carbons (Fsp3) is 0.562. The number of carbonyl (C=O) groups excluding carboxylic acids is 1. The first-order valence-corrected chi connectivity index (χ1v) is 9.61. The summed E-state index contributed by atoms with van der Waals surface area (Å²) in [4.78, 5) is 11.8. The van der Waals surface area contributed by atoms with Gasteiger partial charge in [-0.1, -0.05) is 19.1 Å². The van der Waals surface area contributed by atoms with E-state index in [1.807, 2.05) is 6.92 Å². The molecule has 2 rings (SSSR count). The Morgan fingerprint density at radius 2 is 2.08 bits per heavy atom. The van der Waals surface area contributed by atoms with Gasteiger partial charge in [0.15, 0.2) is 0 Å². The molecule has 1 amide bonds. The number of carbonyl (C=O) groups is 1. The summed E-state index contributed by atoms with van der Waals surface area (Å²) in [6.45, 7) is 3.62. The van der Waals surface area contributed by atoms with Crippen molar-refractivity contribution >= 4 is 16.1 Å². The molecule has 1 fully saturated rings. The van der Waals surface area contributed by atoms with Gasteiger partial charge < -0.3 is 5.32 Å². The van der Waals surface area contributed by atoms with E-state index >= 15 is 0 Å². The van der Waals surface area contributed by atoms with Crippen molar-refractivity contribution in [3.8, 4) is 0 Å². The third-order valence-electron chi connectivity index (χ3n) is 4.00. The van der Waals surface area contributed by atoms with E-state index in [-0.39, 0.29) is 18.7 Å². The van der Waals surface area contributed by atoms with Crippen LogP contribution in [0.2, 0.25) is 0 Å². The maximum absolute atomic E-state index is 13.5. The molecule has 0 radical (unpaired) electrons. The summed E-state index contributed by atoms with van der Waals surface area (Å²) in [5.41, 5.74) is -0.0135. The van der Waals surface area contributed by atoms with Crippen LogP contribution in [0.4, 0.5) is 4.39 Å².